The third-order valence-electron chi connectivity index (χ3n) is 5.28. The number of nitriles is 1. The molecule has 1 atom stereocenters. The Hall–Kier alpha value is -3.66. The van der Waals surface area contributed by atoms with Gasteiger partial charge in [-0.05, 0) is 49.1 Å². The molecule has 3 aromatic heterocycles. The lowest BCUT2D eigenvalue weighted by atomic mass is 10.1. The third kappa shape index (κ3) is 2.79. The monoisotopic (exact) mass is 370 g/mol. The second-order valence-electron chi connectivity index (χ2n) is 7.16. The third-order valence-corrected chi connectivity index (χ3v) is 5.28. The lowest BCUT2D eigenvalue weighted by Gasteiger charge is -2.14. The summed E-state index contributed by atoms with van der Waals surface area (Å²) in [5, 5.41) is 18.8. The SMILES string of the molecule is N#CC[C@@H](C1CC1)n1nc(Nc2ccc3ncccc3c2)c2c(=O)[nH]ccc21. The summed E-state index contributed by atoms with van der Waals surface area (Å²) in [5.41, 5.74) is 2.30. The summed E-state index contributed by atoms with van der Waals surface area (Å²) in [6.07, 6.45) is 5.96. The van der Waals surface area contributed by atoms with E-state index in [2.05, 4.69) is 21.4 Å². The van der Waals surface area contributed by atoms with Gasteiger partial charge in [-0.3, -0.25) is 14.5 Å². The van der Waals surface area contributed by atoms with Crippen LogP contribution in [0.15, 0.2) is 53.6 Å². The van der Waals surface area contributed by atoms with Gasteiger partial charge in [-0.15, -0.1) is 0 Å². The molecule has 0 saturated heterocycles. The van der Waals surface area contributed by atoms with Gasteiger partial charge in [0.2, 0.25) is 0 Å². The second kappa shape index (κ2) is 6.50. The lowest BCUT2D eigenvalue weighted by Crippen LogP contribution is -2.13. The molecule has 5 rings (SSSR count). The van der Waals surface area contributed by atoms with E-state index in [0.717, 1.165) is 34.9 Å². The predicted molar refractivity (Wildman–Crippen MR) is 107 cm³/mol. The van der Waals surface area contributed by atoms with E-state index in [0.29, 0.717) is 23.5 Å². The van der Waals surface area contributed by atoms with Gasteiger partial charge in [0.25, 0.3) is 5.56 Å². The van der Waals surface area contributed by atoms with Crippen LogP contribution in [0.2, 0.25) is 0 Å². The zero-order valence-electron chi connectivity index (χ0n) is 15.1. The maximum Gasteiger partial charge on any atom is 0.261 e. The number of hydrogen-bond acceptors (Lipinski definition) is 5. The van der Waals surface area contributed by atoms with Gasteiger partial charge in [0.05, 0.1) is 29.6 Å². The van der Waals surface area contributed by atoms with E-state index in [1.54, 1.807) is 12.4 Å². The van der Waals surface area contributed by atoms with Crippen molar-refractivity contribution in [2.24, 2.45) is 5.92 Å². The van der Waals surface area contributed by atoms with Gasteiger partial charge in [0.15, 0.2) is 5.82 Å². The second-order valence-corrected chi connectivity index (χ2v) is 7.16. The van der Waals surface area contributed by atoms with Crippen molar-refractivity contribution >= 4 is 33.3 Å². The van der Waals surface area contributed by atoms with E-state index < -0.39 is 0 Å². The zero-order valence-corrected chi connectivity index (χ0v) is 15.1. The average molecular weight is 370 g/mol. The molecule has 0 aliphatic heterocycles. The van der Waals surface area contributed by atoms with Crippen LogP contribution < -0.4 is 10.9 Å². The first kappa shape index (κ1) is 16.5. The predicted octanol–water partition coefficient (Wildman–Crippen LogP) is 3.88. The summed E-state index contributed by atoms with van der Waals surface area (Å²) < 4.78 is 1.86. The van der Waals surface area contributed by atoms with Crippen LogP contribution in [0.1, 0.15) is 25.3 Å². The Bertz CT molecular complexity index is 1280. The molecule has 0 spiro atoms. The van der Waals surface area contributed by atoms with Crippen LogP contribution in [-0.4, -0.2) is 19.7 Å². The zero-order chi connectivity index (χ0) is 19.1. The van der Waals surface area contributed by atoms with Crippen molar-refractivity contribution in [2.75, 3.05) is 5.32 Å². The molecule has 4 aromatic rings. The fourth-order valence-corrected chi connectivity index (χ4v) is 3.76. The highest BCUT2D eigenvalue weighted by molar-refractivity contribution is 5.92. The van der Waals surface area contributed by atoms with Crippen LogP contribution in [0.3, 0.4) is 0 Å². The number of fused-ring (bicyclic) bond motifs is 2. The minimum atomic E-state index is -0.194. The van der Waals surface area contributed by atoms with Crippen LogP contribution in [0, 0.1) is 17.2 Å². The van der Waals surface area contributed by atoms with Crippen molar-refractivity contribution in [3.05, 3.63) is 59.1 Å². The Labute approximate surface area is 160 Å². The molecule has 138 valence electrons. The first-order valence-electron chi connectivity index (χ1n) is 9.33. The van der Waals surface area contributed by atoms with Crippen molar-refractivity contribution in [1.82, 2.24) is 19.7 Å². The number of aromatic amines is 1. The maximum atomic E-state index is 12.6. The number of nitrogens with zero attached hydrogens (tertiary/aromatic N) is 4. The molecule has 7 nitrogen and oxygen atoms in total. The Morgan fingerprint density at radius 1 is 1.32 bits per heavy atom. The van der Waals surface area contributed by atoms with Crippen LogP contribution in [0.25, 0.3) is 21.8 Å². The van der Waals surface area contributed by atoms with Gasteiger partial charge >= 0.3 is 0 Å². The average Bonchev–Trinajstić information content (AvgIpc) is 3.49. The molecule has 1 aromatic carbocycles. The summed E-state index contributed by atoms with van der Waals surface area (Å²) in [4.78, 5) is 19.6. The first-order chi connectivity index (χ1) is 13.7. The van der Waals surface area contributed by atoms with Gasteiger partial charge in [0.1, 0.15) is 5.39 Å². The smallest absolute Gasteiger partial charge is 0.261 e. The van der Waals surface area contributed by atoms with Crippen LogP contribution in [-0.2, 0) is 0 Å². The standard InChI is InChI=1S/C21H18N6O/c22-9-7-17(13-3-4-13)27-18-8-11-24-21(28)19(18)20(26-27)25-15-5-6-16-14(12-15)2-1-10-23-16/h1-2,5-6,8,10-13,17H,3-4,7H2,(H,24,28)(H,25,26)/t17-/m0/s1. The minimum absolute atomic E-state index is 0.00865. The van der Waals surface area contributed by atoms with Crippen LogP contribution >= 0.6 is 0 Å². The molecule has 7 heteroatoms. The van der Waals surface area contributed by atoms with Gasteiger partial charge in [0, 0.05) is 23.5 Å². The fourth-order valence-electron chi connectivity index (χ4n) is 3.76. The van der Waals surface area contributed by atoms with Crippen LogP contribution in [0.4, 0.5) is 11.5 Å². The lowest BCUT2D eigenvalue weighted by molar-refractivity contribution is 0.426. The number of hydrogen-bond donors (Lipinski definition) is 2. The molecular weight excluding hydrogens is 352 g/mol. The summed E-state index contributed by atoms with van der Waals surface area (Å²) in [7, 11) is 0. The molecule has 28 heavy (non-hydrogen) atoms. The van der Waals surface area contributed by atoms with Gasteiger partial charge in [-0.1, -0.05) is 6.07 Å². The largest absolute Gasteiger partial charge is 0.338 e. The number of benzene rings is 1. The van der Waals surface area contributed by atoms with E-state index in [-0.39, 0.29) is 11.6 Å². The Balaban J connectivity index is 1.62. The Morgan fingerprint density at radius 2 is 2.21 bits per heavy atom. The number of aromatic nitrogens is 4. The normalized spacial score (nSPS) is 14.8. The Morgan fingerprint density at radius 3 is 3.04 bits per heavy atom. The number of rotatable bonds is 5. The maximum absolute atomic E-state index is 12.6. The quantitative estimate of drug-likeness (QED) is 0.555. The van der Waals surface area contributed by atoms with Gasteiger partial charge in [-0.25, -0.2) is 0 Å². The van der Waals surface area contributed by atoms with Crippen molar-refractivity contribution < 1.29 is 0 Å². The Kier molecular flexibility index (Phi) is 3.83. The van der Waals surface area contributed by atoms with Gasteiger partial charge < -0.3 is 10.3 Å². The molecule has 1 aliphatic carbocycles. The van der Waals surface area contributed by atoms with E-state index in [9.17, 15) is 10.1 Å². The minimum Gasteiger partial charge on any atom is -0.338 e. The highest BCUT2D eigenvalue weighted by atomic mass is 16.1. The fraction of sp³-hybridized carbons (Fsp3) is 0.238. The summed E-state index contributed by atoms with van der Waals surface area (Å²) >= 11 is 0. The highest BCUT2D eigenvalue weighted by Crippen LogP contribution is 2.43. The number of pyridine rings is 2. The van der Waals surface area contributed by atoms with Crippen molar-refractivity contribution in [1.29, 1.82) is 5.26 Å². The number of nitrogens with one attached hydrogen (secondary N) is 2. The van der Waals surface area contributed by atoms with Gasteiger partial charge in [-0.2, -0.15) is 10.4 Å². The van der Waals surface area contributed by atoms with Crippen molar-refractivity contribution in [3.63, 3.8) is 0 Å². The highest BCUT2D eigenvalue weighted by Gasteiger charge is 2.34. The van der Waals surface area contributed by atoms with Crippen molar-refractivity contribution in [2.45, 2.75) is 25.3 Å². The van der Waals surface area contributed by atoms with E-state index >= 15 is 0 Å². The number of anilines is 2. The summed E-state index contributed by atoms with van der Waals surface area (Å²) in [6, 6.07) is 13.8. The molecule has 1 aliphatic rings. The molecule has 1 saturated carbocycles. The molecular formula is C21H18N6O. The molecule has 0 radical (unpaired) electrons. The van der Waals surface area contributed by atoms with E-state index in [4.69, 9.17) is 5.10 Å². The topological polar surface area (TPSA) is 99.4 Å². The molecule has 1 fully saturated rings. The number of H-pyrrole nitrogens is 1. The molecule has 0 unspecified atom stereocenters. The summed E-state index contributed by atoms with van der Waals surface area (Å²) in [6.45, 7) is 0. The van der Waals surface area contributed by atoms with Crippen LogP contribution in [0.5, 0.6) is 0 Å². The summed E-state index contributed by atoms with van der Waals surface area (Å²) in [5.74, 6) is 0.949. The molecule has 0 bridgehead atoms. The molecule has 0 amide bonds. The van der Waals surface area contributed by atoms with E-state index in [1.807, 2.05) is 41.1 Å². The first-order valence-corrected chi connectivity index (χ1v) is 9.33. The molecule has 3 heterocycles. The van der Waals surface area contributed by atoms with E-state index in [1.165, 1.54) is 0 Å². The molecule has 2 N–H and O–H groups in total. The van der Waals surface area contributed by atoms with Crippen molar-refractivity contribution in [3.8, 4) is 6.07 Å².